The lowest BCUT2D eigenvalue weighted by atomic mass is 9.97. The largest absolute Gasteiger partial charge is 0.456 e. The summed E-state index contributed by atoms with van der Waals surface area (Å²) in [5.41, 5.74) is 21.5. The van der Waals surface area contributed by atoms with E-state index in [9.17, 15) is 0 Å². The van der Waals surface area contributed by atoms with E-state index in [4.69, 9.17) is 8.83 Å². The Bertz CT molecular complexity index is 4420. The molecule has 356 valence electrons. The van der Waals surface area contributed by atoms with E-state index >= 15 is 0 Å². The Morgan fingerprint density at radius 3 is 1.18 bits per heavy atom. The van der Waals surface area contributed by atoms with Crippen LogP contribution in [0.4, 0.5) is 17.1 Å². The maximum Gasteiger partial charge on any atom is 0.136 e. The average molecular weight is 971 g/mol. The highest BCUT2D eigenvalue weighted by atomic mass is 16.3. The quantitative estimate of drug-likeness (QED) is 0.145. The van der Waals surface area contributed by atoms with E-state index in [1.165, 1.54) is 33.0 Å². The summed E-state index contributed by atoms with van der Waals surface area (Å²) in [7, 11) is 0. The summed E-state index contributed by atoms with van der Waals surface area (Å²) in [5.74, 6) is 0. The van der Waals surface area contributed by atoms with Crippen LogP contribution < -0.4 is 4.90 Å². The van der Waals surface area contributed by atoms with Crippen molar-refractivity contribution in [3.63, 3.8) is 0 Å². The van der Waals surface area contributed by atoms with E-state index in [0.29, 0.717) is 0 Å². The number of aromatic nitrogens is 1. The van der Waals surface area contributed by atoms with Crippen LogP contribution in [0.2, 0.25) is 0 Å². The summed E-state index contributed by atoms with van der Waals surface area (Å²) >= 11 is 0. The Hall–Kier alpha value is -10.2. The lowest BCUT2D eigenvalue weighted by Crippen LogP contribution is -2.10. The number of fused-ring (bicyclic) bond motifs is 9. The number of benzene rings is 12. The molecule has 3 heterocycles. The molecule has 15 aromatic rings. The van der Waals surface area contributed by atoms with Gasteiger partial charge >= 0.3 is 0 Å². The Labute approximate surface area is 439 Å². The van der Waals surface area contributed by atoms with Crippen molar-refractivity contribution in [1.29, 1.82) is 0 Å². The van der Waals surface area contributed by atoms with Crippen molar-refractivity contribution in [1.82, 2.24) is 4.57 Å². The smallest absolute Gasteiger partial charge is 0.136 e. The van der Waals surface area contributed by atoms with Gasteiger partial charge in [0.2, 0.25) is 0 Å². The summed E-state index contributed by atoms with van der Waals surface area (Å²) in [4.78, 5) is 2.37. The standard InChI is InChI=1S/C72H46N2O2/c1-3-16-47(17-4-1)49-32-38-54(39-33-49)73(55-40-34-50(35-41-55)48-18-5-2-6-19-48)56-21-13-20-51(44-56)57-22-7-10-27-64(57)74-65-45-52(58-25-14-30-69-71(58)62-23-8-11-28-67(62)75-69)36-42-60(65)61-43-37-53(46-66(61)74)59-26-15-31-70-72(59)63-24-9-12-29-68(63)76-70/h1-46H. The Balaban J connectivity index is 0.931. The molecule has 0 fully saturated rings. The first-order chi connectivity index (χ1) is 37.7. The van der Waals surface area contributed by atoms with Crippen molar-refractivity contribution in [2.24, 2.45) is 0 Å². The van der Waals surface area contributed by atoms with E-state index in [2.05, 4.69) is 276 Å². The molecule has 3 aromatic heterocycles. The molecule has 0 atom stereocenters. The first kappa shape index (κ1) is 43.4. The Kier molecular flexibility index (Phi) is 10.2. The molecule has 15 rings (SSSR count). The second-order valence-electron chi connectivity index (χ2n) is 19.6. The zero-order valence-corrected chi connectivity index (χ0v) is 41.3. The fourth-order valence-electron chi connectivity index (χ4n) is 11.7. The molecule has 12 aromatic carbocycles. The zero-order chi connectivity index (χ0) is 50.1. The molecule has 0 N–H and O–H groups in total. The summed E-state index contributed by atoms with van der Waals surface area (Å²) in [6, 6.07) is 100. The lowest BCUT2D eigenvalue weighted by molar-refractivity contribution is 0.668. The number of hydrogen-bond donors (Lipinski definition) is 0. The van der Waals surface area contributed by atoms with Crippen molar-refractivity contribution < 1.29 is 8.83 Å². The minimum absolute atomic E-state index is 0.878. The van der Waals surface area contributed by atoms with Crippen molar-refractivity contribution >= 4 is 82.7 Å². The monoisotopic (exact) mass is 970 g/mol. The first-order valence-corrected chi connectivity index (χ1v) is 25.9. The molecule has 0 aliphatic heterocycles. The molecule has 0 bridgehead atoms. The molecule has 0 aliphatic rings. The van der Waals surface area contributed by atoms with Crippen LogP contribution in [0, 0.1) is 0 Å². The van der Waals surface area contributed by atoms with Gasteiger partial charge in [0.1, 0.15) is 22.3 Å². The van der Waals surface area contributed by atoms with Gasteiger partial charge < -0.3 is 18.3 Å². The fraction of sp³-hybridized carbons (Fsp3) is 0. The average Bonchev–Trinajstić information content (AvgIpc) is 4.20. The molecular weight excluding hydrogens is 925 g/mol. The van der Waals surface area contributed by atoms with E-state index in [1.807, 2.05) is 12.1 Å². The first-order valence-electron chi connectivity index (χ1n) is 25.9. The van der Waals surface area contributed by atoms with Gasteiger partial charge in [-0.1, -0.05) is 200 Å². The van der Waals surface area contributed by atoms with Gasteiger partial charge in [-0.2, -0.15) is 0 Å². The van der Waals surface area contributed by atoms with E-state index in [0.717, 1.165) is 111 Å². The number of para-hydroxylation sites is 3. The van der Waals surface area contributed by atoms with Gasteiger partial charge in [-0.05, 0) is 129 Å². The molecule has 0 spiro atoms. The summed E-state index contributed by atoms with van der Waals surface area (Å²) < 4.78 is 15.3. The number of furan rings is 2. The normalized spacial score (nSPS) is 11.7. The fourth-order valence-corrected chi connectivity index (χ4v) is 11.7. The van der Waals surface area contributed by atoms with Crippen molar-refractivity contribution in [3.8, 4) is 61.3 Å². The van der Waals surface area contributed by atoms with Crippen LogP contribution in [0.1, 0.15) is 0 Å². The molecule has 0 radical (unpaired) electrons. The van der Waals surface area contributed by atoms with Crippen LogP contribution in [0.15, 0.2) is 288 Å². The lowest BCUT2D eigenvalue weighted by Gasteiger charge is -2.27. The highest BCUT2D eigenvalue weighted by Crippen LogP contribution is 2.45. The zero-order valence-electron chi connectivity index (χ0n) is 41.3. The maximum absolute atomic E-state index is 6.43. The molecular formula is C72H46N2O2. The van der Waals surface area contributed by atoms with Gasteiger partial charge in [0.05, 0.1) is 16.7 Å². The number of rotatable bonds is 9. The topological polar surface area (TPSA) is 34.5 Å². The molecule has 76 heavy (non-hydrogen) atoms. The van der Waals surface area contributed by atoms with Crippen molar-refractivity contribution in [2.75, 3.05) is 4.90 Å². The van der Waals surface area contributed by atoms with Gasteiger partial charge in [0.25, 0.3) is 0 Å². The third-order valence-corrected chi connectivity index (χ3v) is 15.2. The van der Waals surface area contributed by atoms with Crippen LogP contribution in [0.5, 0.6) is 0 Å². The number of anilines is 3. The summed E-state index contributed by atoms with van der Waals surface area (Å²) in [6.07, 6.45) is 0. The van der Waals surface area contributed by atoms with Crippen molar-refractivity contribution in [3.05, 3.63) is 279 Å². The van der Waals surface area contributed by atoms with E-state index in [-0.39, 0.29) is 0 Å². The minimum Gasteiger partial charge on any atom is -0.456 e. The molecule has 0 saturated carbocycles. The van der Waals surface area contributed by atoms with Crippen LogP contribution in [-0.4, -0.2) is 4.57 Å². The molecule has 0 saturated heterocycles. The second kappa shape index (κ2) is 17.8. The highest BCUT2D eigenvalue weighted by molar-refractivity contribution is 6.17. The third kappa shape index (κ3) is 7.22. The van der Waals surface area contributed by atoms with Gasteiger partial charge in [-0.25, -0.2) is 0 Å². The Morgan fingerprint density at radius 1 is 0.250 bits per heavy atom. The maximum atomic E-state index is 6.43. The molecule has 4 nitrogen and oxygen atoms in total. The van der Waals surface area contributed by atoms with Crippen molar-refractivity contribution in [2.45, 2.75) is 0 Å². The van der Waals surface area contributed by atoms with Crippen LogP contribution in [-0.2, 0) is 0 Å². The second-order valence-corrected chi connectivity index (χ2v) is 19.6. The molecule has 0 aliphatic carbocycles. The van der Waals surface area contributed by atoms with Gasteiger partial charge in [0.15, 0.2) is 0 Å². The van der Waals surface area contributed by atoms with E-state index < -0.39 is 0 Å². The van der Waals surface area contributed by atoms with Gasteiger partial charge in [-0.3, -0.25) is 0 Å². The van der Waals surface area contributed by atoms with Crippen LogP contribution >= 0.6 is 0 Å². The molecule has 4 heteroatoms. The third-order valence-electron chi connectivity index (χ3n) is 15.2. The molecule has 0 unspecified atom stereocenters. The SMILES string of the molecule is c1ccc(-c2ccc(N(c3ccc(-c4ccccc4)cc3)c3cccc(-c4ccccc4-n4c5cc(-c6cccc7oc8ccccc8c67)ccc5c5ccc(-c6cccc7oc8ccccc8c67)cc54)c3)cc2)cc1. The van der Waals surface area contributed by atoms with Gasteiger partial charge in [0, 0.05) is 54.9 Å². The number of nitrogens with zero attached hydrogens (tertiary/aromatic N) is 2. The van der Waals surface area contributed by atoms with Crippen LogP contribution in [0.3, 0.4) is 0 Å². The Morgan fingerprint density at radius 2 is 0.645 bits per heavy atom. The minimum atomic E-state index is 0.878. The van der Waals surface area contributed by atoms with E-state index in [1.54, 1.807) is 0 Å². The molecule has 0 amide bonds. The number of hydrogen-bond acceptors (Lipinski definition) is 3. The highest BCUT2D eigenvalue weighted by Gasteiger charge is 2.22. The summed E-state index contributed by atoms with van der Waals surface area (Å²) in [5, 5.41) is 6.81. The summed E-state index contributed by atoms with van der Waals surface area (Å²) in [6.45, 7) is 0. The predicted octanol–water partition coefficient (Wildman–Crippen LogP) is 20.4. The van der Waals surface area contributed by atoms with Gasteiger partial charge in [-0.15, -0.1) is 0 Å². The van der Waals surface area contributed by atoms with Crippen LogP contribution in [0.25, 0.3) is 127 Å². The predicted molar refractivity (Wildman–Crippen MR) is 317 cm³/mol.